The lowest BCUT2D eigenvalue weighted by molar-refractivity contribution is -0.137. The molecule has 0 aromatic heterocycles. The fourth-order valence-corrected chi connectivity index (χ4v) is 4.94. The van der Waals surface area contributed by atoms with Crippen LogP contribution in [0.1, 0.15) is 65.7 Å². The fourth-order valence-electron chi connectivity index (χ4n) is 4.94. The summed E-state index contributed by atoms with van der Waals surface area (Å²) in [6.07, 6.45) is 8.50. The van der Waals surface area contributed by atoms with Gasteiger partial charge < -0.3 is 28.4 Å². The third-order valence-electron chi connectivity index (χ3n) is 6.84. The molecule has 0 aromatic rings. The Labute approximate surface area is 183 Å². The normalized spacial score (nSPS) is 36.7. The van der Waals surface area contributed by atoms with Crippen LogP contribution in [-0.2, 0) is 28.4 Å². The Morgan fingerprint density at radius 2 is 0.933 bits per heavy atom. The molecule has 2 aliphatic carbocycles. The summed E-state index contributed by atoms with van der Waals surface area (Å²) >= 11 is 0. The van der Waals surface area contributed by atoms with E-state index >= 15 is 0 Å². The number of hydrogen-bond acceptors (Lipinski definition) is 6. The Bertz CT molecular complexity index is 465. The van der Waals surface area contributed by atoms with Crippen LogP contribution in [0.25, 0.3) is 0 Å². The van der Waals surface area contributed by atoms with Crippen molar-refractivity contribution in [3.8, 4) is 0 Å². The van der Waals surface area contributed by atoms with Crippen LogP contribution in [0.3, 0.4) is 0 Å². The average Bonchev–Trinajstić information content (AvgIpc) is 2.72. The van der Waals surface area contributed by atoms with Crippen molar-refractivity contribution in [3.05, 3.63) is 0 Å². The highest BCUT2D eigenvalue weighted by Gasteiger charge is 2.37. The summed E-state index contributed by atoms with van der Waals surface area (Å²) in [6.45, 7) is 11.8. The van der Waals surface area contributed by atoms with E-state index in [2.05, 4.69) is 20.8 Å². The summed E-state index contributed by atoms with van der Waals surface area (Å²) in [5.74, 6) is 0.659. The molecule has 0 N–H and O–H groups in total. The predicted molar refractivity (Wildman–Crippen MR) is 116 cm³/mol. The molecule has 2 saturated carbocycles. The van der Waals surface area contributed by atoms with Crippen LogP contribution in [0.15, 0.2) is 0 Å². The van der Waals surface area contributed by atoms with E-state index in [1.807, 2.05) is 0 Å². The van der Waals surface area contributed by atoms with Crippen LogP contribution >= 0.6 is 0 Å². The van der Waals surface area contributed by atoms with Gasteiger partial charge in [-0.25, -0.2) is 0 Å². The lowest BCUT2D eigenvalue weighted by Gasteiger charge is -2.41. The van der Waals surface area contributed by atoms with E-state index in [4.69, 9.17) is 28.4 Å². The third kappa shape index (κ3) is 8.03. The van der Waals surface area contributed by atoms with Crippen LogP contribution < -0.4 is 0 Å². The monoisotopic (exact) mass is 428 g/mol. The first kappa shape index (κ1) is 24.4. The molecule has 6 nitrogen and oxygen atoms in total. The van der Waals surface area contributed by atoms with Gasteiger partial charge in [0.05, 0.1) is 77.3 Å². The van der Waals surface area contributed by atoms with E-state index in [9.17, 15) is 0 Å². The quantitative estimate of drug-likeness (QED) is 0.581. The molecule has 1 aliphatic heterocycles. The molecule has 30 heavy (non-hydrogen) atoms. The van der Waals surface area contributed by atoms with E-state index in [0.29, 0.717) is 64.2 Å². The Morgan fingerprint density at radius 3 is 1.40 bits per heavy atom. The van der Waals surface area contributed by atoms with Gasteiger partial charge in [-0.2, -0.15) is 0 Å². The smallest absolute Gasteiger partial charge is 0.0840 e. The van der Waals surface area contributed by atoms with Gasteiger partial charge in [-0.15, -0.1) is 0 Å². The third-order valence-corrected chi connectivity index (χ3v) is 6.84. The fraction of sp³-hybridized carbons (Fsp3) is 1.00. The number of ether oxygens (including phenoxy) is 6. The van der Waals surface area contributed by atoms with Gasteiger partial charge in [0.1, 0.15) is 0 Å². The zero-order valence-electron chi connectivity index (χ0n) is 19.4. The van der Waals surface area contributed by atoms with E-state index < -0.39 is 0 Å². The van der Waals surface area contributed by atoms with Crippen molar-refractivity contribution in [2.24, 2.45) is 11.3 Å². The molecule has 1 heterocycles. The van der Waals surface area contributed by atoms with Gasteiger partial charge in [0, 0.05) is 0 Å². The average molecular weight is 429 g/mol. The van der Waals surface area contributed by atoms with Crippen LogP contribution in [-0.4, -0.2) is 77.3 Å². The molecule has 0 radical (unpaired) electrons. The van der Waals surface area contributed by atoms with Gasteiger partial charge in [-0.05, 0) is 43.4 Å². The second-order valence-corrected chi connectivity index (χ2v) is 10.0. The Hall–Kier alpha value is -0.240. The Balaban J connectivity index is 1.49. The van der Waals surface area contributed by atoms with Crippen molar-refractivity contribution in [2.75, 3.05) is 52.9 Å². The highest BCUT2D eigenvalue weighted by molar-refractivity contribution is 4.87. The molecule has 0 aromatic carbocycles. The summed E-state index contributed by atoms with van der Waals surface area (Å²) in [7, 11) is 0. The molecule has 176 valence electrons. The molecule has 1 saturated heterocycles. The molecular weight excluding hydrogens is 384 g/mol. The maximum atomic E-state index is 6.25. The maximum absolute atomic E-state index is 6.25. The molecule has 0 amide bonds. The predicted octanol–water partition coefficient (Wildman–Crippen LogP) is 3.99. The summed E-state index contributed by atoms with van der Waals surface area (Å²) in [4.78, 5) is 0. The van der Waals surface area contributed by atoms with Crippen LogP contribution in [0.5, 0.6) is 0 Å². The van der Waals surface area contributed by atoms with E-state index in [1.165, 1.54) is 19.3 Å². The standard InChI is InChI=1S/C24H44O6/c1-24(2,3)19-8-9-22-23(18-19)30-17-13-26-11-15-28-21-7-5-4-6-20(21)27-14-10-25-12-16-29-22/h19-23H,4-18H2,1-3H3/t19-,20+,21-,22+,23-/m1/s1. The lowest BCUT2D eigenvalue weighted by Crippen LogP contribution is -2.42. The second kappa shape index (κ2) is 12.7. The first-order chi connectivity index (χ1) is 14.5. The van der Waals surface area contributed by atoms with Crippen molar-refractivity contribution in [3.63, 3.8) is 0 Å². The molecule has 3 fully saturated rings. The maximum Gasteiger partial charge on any atom is 0.0840 e. The van der Waals surface area contributed by atoms with Gasteiger partial charge in [-0.3, -0.25) is 0 Å². The molecule has 3 aliphatic rings. The zero-order valence-corrected chi connectivity index (χ0v) is 19.4. The van der Waals surface area contributed by atoms with E-state index in [0.717, 1.165) is 25.7 Å². The number of rotatable bonds is 0. The lowest BCUT2D eigenvalue weighted by atomic mass is 9.71. The van der Waals surface area contributed by atoms with Gasteiger partial charge in [-0.1, -0.05) is 33.6 Å². The molecule has 0 unspecified atom stereocenters. The van der Waals surface area contributed by atoms with Gasteiger partial charge in [0.2, 0.25) is 0 Å². The molecule has 0 spiro atoms. The largest absolute Gasteiger partial charge is 0.377 e. The molecular formula is C24H44O6. The first-order valence-electron chi connectivity index (χ1n) is 12.2. The molecule has 3 rings (SSSR count). The van der Waals surface area contributed by atoms with Crippen LogP contribution in [0.4, 0.5) is 0 Å². The Kier molecular flexibility index (Phi) is 10.3. The van der Waals surface area contributed by atoms with Crippen molar-refractivity contribution in [2.45, 2.75) is 90.1 Å². The Morgan fingerprint density at radius 1 is 0.500 bits per heavy atom. The van der Waals surface area contributed by atoms with Gasteiger partial charge >= 0.3 is 0 Å². The van der Waals surface area contributed by atoms with Crippen molar-refractivity contribution < 1.29 is 28.4 Å². The van der Waals surface area contributed by atoms with Crippen molar-refractivity contribution >= 4 is 0 Å². The van der Waals surface area contributed by atoms with Crippen LogP contribution in [0.2, 0.25) is 0 Å². The molecule has 5 atom stereocenters. The minimum absolute atomic E-state index is 0.132. The summed E-state index contributed by atoms with van der Waals surface area (Å²) < 4.78 is 36.1. The summed E-state index contributed by atoms with van der Waals surface area (Å²) in [5, 5.41) is 0. The topological polar surface area (TPSA) is 55.4 Å². The van der Waals surface area contributed by atoms with E-state index in [-0.39, 0.29) is 24.4 Å². The first-order valence-corrected chi connectivity index (χ1v) is 12.2. The summed E-state index contributed by atoms with van der Waals surface area (Å²) in [5.41, 5.74) is 0.300. The molecule has 0 bridgehead atoms. The van der Waals surface area contributed by atoms with Gasteiger partial charge in [0.25, 0.3) is 0 Å². The minimum Gasteiger partial charge on any atom is -0.377 e. The minimum atomic E-state index is 0.132. The van der Waals surface area contributed by atoms with E-state index in [1.54, 1.807) is 0 Å². The summed E-state index contributed by atoms with van der Waals surface area (Å²) in [6, 6.07) is 0. The van der Waals surface area contributed by atoms with Crippen molar-refractivity contribution in [1.82, 2.24) is 0 Å². The van der Waals surface area contributed by atoms with Crippen LogP contribution in [0, 0.1) is 11.3 Å². The highest BCUT2D eigenvalue weighted by atomic mass is 16.6. The van der Waals surface area contributed by atoms with Crippen molar-refractivity contribution in [1.29, 1.82) is 0 Å². The second-order valence-electron chi connectivity index (χ2n) is 10.0. The number of hydrogen-bond donors (Lipinski definition) is 0. The number of fused-ring (bicyclic) bond motifs is 2. The highest BCUT2D eigenvalue weighted by Crippen LogP contribution is 2.39. The van der Waals surface area contributed by atoms with Gasteiger partial charge in [0.15, 0.2) is 0 Å². The SMILES string of the molecule is CC(C)(C)[C@@H]1CC[C@@H]2OCCOCCO[C@H]3CCCC[C@H]3OCCOCCO[C@@H]2C1. The molecule has 6 heteroatoms. The zero-order chi connectivity index (χ0) is 21.2.